The number of allylic oxidation sites excluding steroid dienone is 4. The summed E-state index contributed by atoms with van der Waals surface area (Å²) in [5, 5.41) is 7.29. The van der Waals surface area contributed by atoms with Crippen LogP contribution in [0.15, 0.2) is 89.9 Å². The molecule has 7 nitrogen and oxygen atoms in total. The highest BCUT2D eigenvalue weighted by Gasteiger charge is 2.24. The predicted octanol–water partition coefficient (Wildman–Crippen LogP) is 4.95. The number of ether oxygens (including phenoxy) is 1. The second-order valence-corrected chi connectivity index (χ2v) is 10.7. The number of likely N-dealkylation sites (tertiary alicyclic amines) is 1. The summed E-state index contributed by atoms with van der Waals surface area (Å²) in [7, 11) is 0. The van der Waals surface area contributed by atoms with E-state index < -0.39 is 0 Å². The first-order valence-corrected chi connectivity index (χ1v) is 14.1. The Balaban J connectivity index is 1.08. The van der Waals surface area contributed by atoms with Gasteiger partial charge in [0.05, 0.1) is 18.3 Å². The number of nitrogens with one attached hydrogen (secondary N) is 1. The van der Waals surface area contributed by atoms with E-state index in [2.05, 4.69) is 33.5 Å². The van der Waals surface area contributed by atoms with Crippen molar-refractivity contribution in [3.8, 4) is 5.75 Å². The smallest absolute Gasteiger partial charge is 0.258 e. The Bertz CT molecular complexity index is 1490. The van der Waals surface area contributed by atoms with Crippen LogP contribution in [0.5, 0.6) is 5.75 Å². The van der Waals surface area contributed by atoms with Gasteiger partial charge in [-0.05, 0) is 72.8 Å². The van der Waals surface area contributed by atoms with Gasteiger partial charge in [0.25, 0.3) is 5.91 Å². The topological polar surface area (TPSA) is 76.5 Å². The number of Topliss-reactive ketones (excluding diaryl/α,β-unsaturated/α-hetero) is 1. The van der Waals surface area contributed by atoms with Crippen molar-refractivity contribution in [3.63, 3.8) is 0 Å². The Morgan fingerprint density at radius 2 is 1.88 bits per heavy atom. The molecule has 1 N–H and O–H groups in total. The summed E-state index contributed by atoms with van der Waals surface area (Å²) >= 11 is 0. The van der Waals surface area contributed by atoms with Crippen LogP contribution in [0.3, 0.4) is 0 Å². The fraction of sp³-hybridized carbons (Fsp3) is 0.303. The van der Waals surface area contributed by atoms with Crippen LogP contribution in [-0.4, -0.2) is 52.6 Å². The van der Waals surface area contributed by atoms with Gasteiger partial charge in [-0.25, -0.2) is 0 Å². The molecule has 0 unspecified atom stereocenters. The van der Waals surface area contributed by atoms with Gasteiger partial charge in [-0.2, -0.15) is 5.10 Å². The van der Waals surface area contributed by atoms with Crippen LogP contribution in [0.2, 0.25) is 0 Å². The third-order valence-electron chi connectivity index (χ3n) is 7.75. The standard InChI is InChI=1S/C33H34N4O3/c38-32-12-10-29(35-33(39)28-21-34-37(23-28)22-24-7-3-1-4-8-24)20-31(32)27-17-25-9-11-30(19-26(25)18-27)40-16-15-36-13-5-2-6-14-36/h1,3-4,7-11,18-21,23H,2,5-6,12-17,22H2,(H,35,39). The van der Waals surface area contributed by atoms with E-state index in [0.717, 1.165) is 42.1 Å². The molecule has 3 aromatic rings. The fourth-order valence-corrected chi connectivity index (χ4v) is 5.56. The van der Waals surface area contributed by atoms with Crippen molar-refractivity contribution in [2.75, 3.05) is 26.2 Å². The van der Waals surface area contributed by atoms with E-state index in [1.54, 1.807) is 29.2 Å². The van der Waals surface area contributed by atoms with Gasteiger partial charge in [0.2, 0.25) is 0 Å². The molecule has 0 radical (unpaired) electrons. The molecule has 1 aromatic heterocycles. The van der Waals surface area contributed by atoms with E-state index in [4.69, 9.17) is 4.74 Å². The number of hydrogen-bond acceptors (Lipinski definition) is 5. The summed E-state index contributed by atoms with van der Waals surface area (Å²) in [6.45, 7) is 4.55. The fourth-order valence-electron chi connectivity index (χ4n) is 5.56. The van der Waals surface area contributed by atoms with Gasteiger partial charge in [-0.3, -0.25) is 19.2 Å². The summed E-state index contributed by atoms with van der Waals surface area (Å²) in [5.74, 6) is 0.675. The number of fused-ring (bicyclic) bond motifs is 1. The molecule has 7 heteroatoms. The molecule has 2 aliphatic carbocycles. The van der Waals surface area contributed by atoms with Crippen LogP contribution >= 0.6 is 0 Å². The molecule has 2 heterocycles. The third kappa shape index (κ3) is 6.15. The highest BCUT2D eigenvalue weighted by molar-refractivity contribution is 6.04. The number of amides is 1. The molecule has 0 saturated carbocycles. The van der Waals surface area contributed by atoms with Crippen LogP contribution in [0.25, 0.3) is 6.08 Å². The van der Waals surface area contributed by atoms with Gasteiger partial charge >= 0.3 is 0 Å². The molecular formula is C33H34N4O3. The lowest BCUT2D eigenvalue weighted by atomic mass is 9.93. The molecular weight excluding hydrogens is 500 g/mol. The number of ketones is 1. The zero-order chi connectivity index (χ0) is 27.3. The summed E-state index contributed by atoms with van der Waals surface area (Å²) in [6, 6.07) is 16.2. The van der Waals surface area contributed by atoms with Crippen LogP contribution < -0.4 is 10.1 Å². The molecule has 1 aliphatic heterocycles. The molecule has 204 valence electrons. The van der Waals surface area contributed by atoms with Gasteiger partial charge in [-0.15, -0.1) is 0 Å². The van der Waals surface area contributed by atoms with Gasteiger partial charge < -0.3 is 10.1 Å². The summed E-state index contributed by atoms with van der Waals surface area (Å²) in [4.78, 5) is 28.3. The van der Waals surface area contributed by atoms with Gasteiger partial charge in [0.15, 0.2) is 5.78 Å². The largest absolute Gasteiger partial charge is 0.492 e. The summed E-state index contributed by atoms with van der Waals surface area (Å²) < 4.78 is 7.80. The van der Waals surface area contributed by atoms with E-state index in [9.17, 15) is 9.59 Å². The minimum atomic E-state index is -0.245. The molecule has 0 bridgehead atoms. The van der Waals surface area contributed by atoms with Crippen LogP contribution in [0, 0.1) is 0 Å². The van der Waals surface area contributed by atoms with Gasteiger partial charge in [0.1, 0.15) is 12.4 Å². The predicted molar refractivity (Wildman–Crippen MR) is 155 cm³/mol. The van der Waals surface area contributed by atoms with Gasteiger partial charge in [-0.1, -0.05) is 55.0 Å². The Labute approximate surface area is 234 Å². The van der Waals surface area contributed by atoms with Crippen molar-refractivity contribution in [1.82, 2.24) is 20.0 Å². The summed E-state index contributed by atoms with van der Waals surface area (Å²) in [5.41, 5.74) is 6.11. The Morgan fingerprint density at radius 3 is 2.73 bits per heavy atom. The first kappa shape index (κ1) is 26.0. The normalized spacial score (nSPS) is 17.1. The lowest BCUT2D eigenvalue weighted by Crippen LogP contribution is -2.33. The molecule has 1 saturated heterocycles. The molecule has 40 heavy (non-hydrogen) atoms. The first-order valence-electron chi connectivity index (χ1n) is 14.1. The van der Waals surface area contributed by atoms with Crippen molar-refractivity contribution >= 4 is 17.8 Å². The molecule has 3 aliphatic rings. The molecule has 0 spiro atoms. The maximum atomic E-state index is 12.9. The quantitative estimate of drug-likeness (QED) is 0.421. The monoisotopic (exact) mass is 534 g/mol. The van der Waals surface area contributed by atoms with Crippen molar-refractivity contribution in [2.24, 2.45) is 0 Å². The van der Waals surface area contributed by atoms with E-state index in [1.807, 2.05) is 36.4 Å². The molecule has 0 atom stereocenters. The van der Waals surface area contributed by atoms with Crippen LogP contribution in [0.4, 0.5) is 0 Å². The lowest BCUT2D eigenvalue weighted by molar-refractivity contribution is -0.114. The number of piperidine rings is 1. The van der Waals surface area contributed by atoms with Gasteiger partial charge in [0, 0.05) is 30.4 Å². The van der Waals surface area contributed by atoms with E-state index in [1.165, 1.54) is 24.8 Å². The average Bonchev–Trinajstić information content (AvgIpc) is 3.62. The number of carbonyl (C=O) groups is 2. The van der Waals surface area contributed by atoms with Crippen molar-refractivity contribution < 1.29 is 14.3 Å². The number of rotatable bonds is 9. The maximum absolute atomic E-state index is 12.9. The number of nitrogens with zero attached hydrogens (tertiary/aromatic N) is 3. The summed E-state index contributed by atoms with van der Waals surface area (Å²) in [6.07, 6.45) is 13.8. The number of hydrogen-bond donors (Lipinski definition) is 1. The Hall–Kier alpha value is -4.23. The second kappa shape index (κ2) is 11.9. The highest BCUT2D eigenvalue weighted by Crippen LogP contribution is 2.34. The van der Waals surface area contributed by atoms with E-state index in [-0.39, 0.29) is 18.1 Å². The van der Waals surface area contributed by atoms with E-state index >= 15 is 0 Å². The molecule has 1 amide bonds. The lowest BCUT2D eigenvalue weighted by Gasteiger charge is -2.26. The number of benzene rings is 2. The molecule has 6 rings (SSSR count). The zero-order valence-corrected chi connectivity index (χ0v) is 22.6. The average molecular weight is 535 g/mol. The number of aromatic nitrogens is 2. The van der Waals surface area contributed by atoms with Crippen LogP contribution in [-0.2, 0) is 17.8 Å². The van der Waals surface area contributed by atoms with Crippen molar-refractivity contribution in [2.45, 2.75) is 38.6 Å². The second-order valence-electron chi connectivity index (χ2n) is 10.7. The third-order valence-corrected chi connectivity index (χ3v) is 7.75. The minimum Gasteiger partial charge on any atom is -0.492 e. The first-order chi connectivity index (χ1) is 19.6. The van der Waals surface area contributed by atoms with Crippen LogP contribution in [0.1, 0.15) is 52.7 Å². The minimum absolute atomic E-state index is 0.0609. The van der Waals surface area contributed by atoms with E-state index in [0.29, 0.717) is 36.4 Å². The Kier molecular flexibility index (Phi) is 7.73. The molecule has 1 fully saturated rings. The SMILES string of the molecule is O=C1CC=C(NC(=O)c2cnn(Cc3ccccc3)c2)C=C1C1=Cc2cc(OCCN3CCCCC3)ccc2C1. The van der Waals surface area contributed by atoms with Crippen molar-refractivity contribution in [1.29, 1.82) is 0 Å². The maximum Gasteiger partial charge on any atom is 0.258 e. The Morgan fingerprint density at radius 1 is 1.02 bits per heavy atom. The number of carbonyl (C=O) groups excluding carboxylic acids is 2. The highest BCUT2D eigenvalue weighted by atomic mass is 16.5. The van der Waals surface area contributed by atoms with Crippen molar-refractivity contribution in [3.05, 3.63) is 112 Å². The zero-order valence-electron chi connectivity index (χ0n) is 22.6. The molecule has 2 aromatic carbocycles.